The van der Waals surface area contributed by atoms with Gasteiger partial charge in [-0.1, -0.05) is 46.9 Å². The maximum Gasteiger partial charge on any atom is 0.351 e. The molecule has 1 aromatic heterocycles. The Morgan fingerprint density at radius 2 is 2.03 bits per heavy atom. The van der Waals surface area contributed by atoms with Crippen molar-refractivity contribution < 1.29 is 13.9 Å². The zero-order valence-corrected chi connectivity index (χ0v) is 18.8. The molecule has 0 bridgehead atoms. The van der Waals surface area contributed by atoms with E-state index in [-0.39, 0.29) is 22.8 Å². The second kappa shape index (κ2) is 9.57. The molecule has 1 heterocycles. The van der Waals surface area contributed by atoms with Crippen molar-refractivity contribution >= 4 is 33.5 Å². The molecule has 0 aliphatic rings. The average Bonchev–Trinajstić information content (AvgIpc) is 3.03. The largest absolute Gasteiger partial charge is 0.465 e. The Bertz CT molecular complexity index is 1140. The highest BCUT2D eigenvalue weighted by atomic mass is 79.9. The number of benzene rings is 2. The van der Waals surface area contributed by atoms with Crippen LogP contribution in [0.5, 0.6) is 0 Å². The molecule has 30 heavy (non-hydrogen) atoms. The van der Waals surface area contributed by atoms with Crippen LogP contribution in [0.4, 0.5) is 4.39 Å². The van der Waals surface area contributed by atoms with Crippen LogP contribution in [0.3, 0.4) is 0 Å². The molecule has 3 rings (SSSR count). The molecule has 2 aromatic carbocycles. The molecule has 0 saturated carbocycles. The highest BCUT2D eigenvalue weighted by Gasteiger charge is 2.19. The van der Waals surface area contributed by atoms with E-state index in [0.29, 0.717) is 22.3 Å². The number of halogens is 3. The van der Waals surface area contributed by atoms with Crippen LogP contribution in [-0.2, 0) is 17.7 Å². The Kier molecular flexibility index (Phi) is 7.10. The molecule has 0 spiro atoms. The van der Waals surface area contributed by atoms with E-state index >= 15 is 0 Å². The van der Waals surface area contributed by atoms with Gasteiger partial charge in [-0.3, -0.25) is 4.57 Å². The fourth-order valence-corrected chi connectivity index (χ4v) is 3.54. The lowest BCUT2D eigenvalue weighted by Gasteiger charge is -2.07. The van der Waals surface area contributed by atoms with Gasteiger partial charge in [0.25, 0.3) is 0 Å². The van der Waals surface area contributed by atoms with Crippen LogP contribution in [0.1, 0.15) is 41.5 Å². The number of carbonyl (C=O) groups is 1. The van der Waals surface area contributed by atoms with Crippen molar-refractivity contribution in [2.75, 3.05) is 7.11 Å². The summed E-state index contributed by atoms with van der Waals surface area (Å²) in [4.78, 5) is 25.1. The number of rotatable bonds is 7. The third-order valence-electron chi connectivity index (χ3n) is 4.63. The Morgan fingerprint density at radius 1 is 1.27 bits per heavy atom. The van der Waals surface area contributed by atoms with Crippen molar-refractivity contribution in [1.82, 2.24) is 14.3 Å². The molecule has 0 aliphatic heterocycles. The van der Waals surface area contributed by atoms with Gasteiger partial charge in [-0.15, -0.1) is 5.10 Å². The number of aromatic nitrogens is 3. The number of esters is 1. The zero-order valence-electron chi connectivity index (χ0n) is 16.5. The first kappa shape index (κ1) is 22.2. The first-order valence-corrected chi connectivity index (χ1v) is 10.5. The molecule has 0 unspecified atom stereocenters. The summed E-state index contributed by atoms with van der Waals surface area (Å²) in [5.41, 5.74) is 0.407. The minimum atomic E-state index is -0.552. The van der Waals surface area contributed by atoms with E-state index in [0.717, 1.165) is 17.5 Å². The maximum absolute atomic E-state index is 14.4. The highest BCUT2D eigenvalue weighted by molar-refractivity contribution is 9.10. The predicted octanol–water partition coefficient (Wildman–Crippen LogP) is 4.77. The minimum absolute atomic E-state index is 0.0330. The second-order valence-corrected chi connectivity index (χ2v) is 8.02. The van der Waals surface area contributed by atoms with Crippen LogP contribution in [0, 0.1) is 5.82 Å². The summed E-state index contributed by atoms with van der Waals surface area (Å²) < 4.78 is 22.3. The topological polar surface area (TPSA) is 66.1 Å². The monoisotopic (exact) mass is 495 g/mol. The standard InChI is InChI=1S/C21H20BrClFN3O3/c1-3-4-5-19-25-27(18-10-13(20(28)30-2)7-9-16(18)23)21(29)26(19)12-14-6-8-15(22)11-17(14)24/h6-11H,3-5,12H2,1-2H3. The number of methoxy groups -OCH3 is 1. The Labute approximate surface area is 186 Å². The molecular weight excluding hydrogens is 477 g/mol. The smallest absolute Gasteiger partial charge is 0.351 e. The van der Waals surface area contributed by atoms with E-state index in [1.807, 2.05) is 6.92 Å². The third-order valence-corrected chi connectivity index (χ3v) is 5.44. The number of carbonyl (C=O) groups excluding carboxylic acids is 1. The summed E-state index contributed by atoms with van der Waals surface area (Å²) in [7, 11) is 1.27. The van der Waals surface area contributed by atoms with Crippen molar-refractivity contribution in [2.45, 2.75) is 32.7 Å². The lowest BCUT2D eigenvalue weighted by molar-refractivity contribution is 0.0600. The Hall–Kier alpha value is -2.45. The molecule has 0 radical (unpaired) electrons. The van der Waals surface area contributed by atoms with Gasteiger partial charge >= 0.3 is 11.7 Å². The number of ether oxygens (including phenoxy) is 1. The van der Waals surface area contributed by atoms with Gasteiger partial charge in [-0.05, 0) is 36.8 Å². The van der Waals surface area contributed by atoms with Gasteiger partial charge in [0.2, 0.25) is 0 Å². The van der Waals surface area contributed by atoms with Gasteiger partial charge in [0, 0.05) is 16.5 Å². The molecule has 0 atom stereocenters. The molecule has 0 saturated heterocycles. The summed E-state index contributed by atoms with van der Waals surface area (Å²) in [6.07, 6.45) is 2.27. The normalized spacial score (nSPS) is 11.0. The average molecular weight is 497 g/mol. The van der Waals surface area contributed by atoms with Crippen LogP contribution >= 0.6 is 27.5 Å². The van der Waals surface area contributed by atoms with Crippen LogP contribution in [-0.4, -0.2) is 27.4 Å². The van der Waals surface area contributed by atoms with Crippen LogP contribution < -0.4 is 5.69 Å². The lowest BCUT2D eigenvalue weighted by atomic mass is 10.2. The fraction of sp³-hybridized carbons (Fsp3) is 0.286. The van der Waals surface area contributed by atoms with Gasteiger partial charge in [-0.25, -0.2) is 14.0 Å². The van der Waals surface area contributed by atoms with Crippen molar-refractivity contribution in [1.29, 1.82) is 0 Å². The first-order valence-electron chi connectivity index (χ1n) is 9.36. The van der Waals surface area contributed by atoms with E-state index < -0.39 is 17.5 Å². The number of aryl methyl sites for hydroxylation is 1. The van der Waals surface area contributed by atoms with Crippen molar-refractivity contribution in [3.05, 3.63) is 79.1 Å². The number of nitrogens with zero attached hydrogens (tertiary/aromatic N) is 3. The molecular formula is C21H20BrClFN3O3. The van der Waals surface area contributed by atoms with Crippen molar-refractivity contribution in [2.24, 2.45) is 0 Å². The molecule has 3 aromatic rings. The van der Waals surface area contributed by atoms with E-state index in [4.69, 9.17) is 16.3 Å². The molecule has 0 aliphatic carbocycles. The van der Waals surface area contributed by atoms with E-state index in [2.05, 4.69) is 21.0 Å². The van der Waals surface area contributed by atoms with Crippen LogP contribution in [0.2, 0.25) is 5.02 Å². The molecule has 9 heteroatoms. The summed E-state index contributed by atoms with van der Waals surface area (Å²) in [6.45, 7) is 2.07. The molecule has 0 amide bonds. The minimum Gasteiger partial charge on any atom is -0.465 e. The van der Waals surface area contributed by atoms with E-state index in [9.17, 15) is 14.0 Å². The van der Waals surface area contributed by atoms with Gasteiger partial charge in [0.15, 0.2) is 0 Å². The number of hydrogen-bond acceptors (Lipinski definition) is 4. The Morgan fingerprint density at radius 3 is 2.70 bits per heavy atom. The second-order valence-electron chi connectivity index (χ2n) is 6.69. The molecule has 158 valence electrons. The number of unbranched alkanes of at least 4 members (excludes halogenated alkanes) is 1. The summed E-state index contributed by atoms with van der Waals surface area (Å²) >= 11 is 9.53. The quantitative estimate of drug-likeness (QED) is 0.442. The SMILES string of the molecule is CCCCc1nn(-c2cc(C(=O)OC)ccc2Cl)c(=O)n1Cc1ccc(Br)cc1F. The summed E-state index contributed by atoms with van der Waals surface area (Å²) in [5, 5.41) is 4.70. The van der Waals surface area contributed by atoms with Gasteiger partial charge in [-0.2, -0.15) is 4.68 Å². The predicted molar refractivity (Wildman–Crippen MR) is 116 cm³/mol. The Balaban J connectivity index is 2.11. The van der Waals surface area contributed by atoms with E-state index in [1.54, 1.807) is 12.1 Å². The van der Waals surface area contributed by atoms with E-state index in [1.165, 1.54) is 35.9 Å². The van der Waals surface area contributed by atoms with Crippen LogP contribution in [0.25, 0.3) is 5.69 Å². The van der Waals surface area contributed by atoms with Crippen molar-refractivity contribution in [3.63, 3.8) is 0 Å². The lowest BCUT2D eigenvalue weighted by Crippen LogP contribution is -2.25. The van der Waals surface area contributed by atoms with Crippen molar-refractivity contribution in [3.8, 4) is 5.69 Å². The fourth-order valence-electron chi connectivity index (χ4n) is 3.01. The maximum atomic E-state index is 14.4. The zero-order chi connectivity index (χ0) is 21.8. The third kappa shape index (κ3) is 4.65. The summed E-state index contributed by atoms with van der Waals surface area (Å²) in [5.74, 6) is -0.455. The van der Waals surface area contributed by atoms with Gasteiger partial charge < -0.3 is 4.74 Å². The van der Waals surface area contributed by atoms with Gasteiger partial charge in [0.1, 0.15) is 11.6 Å². The van der Waals surface area contributed by atoms with Crippen LogP contribution in [0.15, 0.2) is 45.7 Å². The number of hydrogen-bond donors (Lipinski definition) is 0. The highest BCUT2D eigenvalue weighted by Crippen LogP contribution is 2.22. The molecule has 0 N–H and O–H groups in total. The summed E-state index contributed by atoms with van der Waals surface area (Å²) in [6, 6.07) is 9.17. The molecule has 6 nitrogen and oxygen atoms in total. The first-order chi connectivity index (χ1) is 14.3. The van der Waals surface area contributed by atoms with Gasteiger partial charge in [0.05, 0.1) is 29.9 Å². The molecule has 0 fully saturated rings.